The topological polar surface area (TPSA) is 59.8 Å². The van der Waals surface area contributed by atoms with Crippen molar-refractivity contribution in [3.05, 3.63) is 52.2 Å². The SMILES string of the molecule is Cc1ccccc1-c1nnc(SCC(=O)N[C@@H](C)c2cccs2)n1C. The van der Waals surface area contributed by atoms with Crippen molar-refractivity contribution in [2.24, 2.45) is 7.05 Å². The molecule has 0 bridgehead atoms. The molecular formula is C18H20N4OS2. The number of nitrogens with zero attached hydrogens (tertiary/aromatic N) is 3. The quantitative estimate of drug-likeness (QED) is 0.668. The number of nitrogens with one attached hydrogen (secondary N) is 1. The Labute approximate surface area is 155 Å². The first kappa shape index (κ1) is 17.7. The molecule has 1 N–H and O–H groups in total. The van der Waals surface area contributed by atoms with E-state index in [1.807, 2.05) is 54.3 Å². The molecule has 5 nitrogen and oxygen atoms in total. The lowest BCUT2D eigenvalue weighted by Gasteiger charge is -2.11. The summed E-state index contributed by atoms with van der Waals surface area (Å²) >= 11 is 3.04. The number of amides is 1. The maximum absolute atomic E-state index is 12.2. The fraction of sp³-hybridized carbons (Fsp3) is 0.278. The van der Waals surface area contributed by atoms with E-state index in [9.17, 15) is 4.79 Å². The second-order valence-electron chi connectivity index (χ2n) is 5.77. The molecule has 25 heavy (non-hydrogen) atoms. The monoisotopic (exact) mass is 372 g/mol. The first-order chi connectivity index (χ1) is 12.1. The van der Waals surface area contributed by atoms with E-state index in [0.29, 0.717) is 5.75 Å². The summed E-state index contributed by atoms with van der Waals surface area (Å²) in [4.78, 5) is 13.3. The van der Waals surface area contributed by atoms with Crippen molar-refractivity contribution >= 4 is 29.0 Å². The largest absolute Gasteiger partial charge is 0.348 e. The molecule has 0 aliphatic rings. The number of thiophene rings is 1. The average Bonchev–Trinajstić information content (AvgIpc) is 3.24. The number of rotatable bonds is 6. The van der Waals surface area contributed by atoms with Crippen molar-refractivity contribution in [2.45, 2.75) is 25.0 Å². The van der Waals surface area contributed by atoms with Crippen LogP contribution in [0.1, 0.15) is 23.4 Å². The summed E-state index contributed by atoms with van der Waals surface area (Å²) in [6.45, 7) is 4.04. The number of aryl methyl sites for hydroxylation is 1. The van der Waals surface area contributed by atoms with Crippen LogP contribution in [-0.2, 0) is 11.8 Å². The van der Waals surface area contributed by atoms with E-state index >= 15 is 0 Å². The molecule has 130 valence electrons. The number of carbonyl (C=O) groups is 1. The molecule has 0 unspecified atom stereocenters. The maximum Gasteiger partial charge on any atom is 0.230 e. The second-order valence-corrected chi connectivity index (χ2v) is 7.70. The van der Waals surface area contributed by atoms with Crippen LogP contribution in [0.4, 0.5) is 0 Å². The predicted molar refractivity (Wildman–Crippen MR) is 103 cm³/mol. The van der Waals surface area contributed by atoms with E-state index in [-0.39, 0.29) is 11.9 Å². The Balaban J connectivity index is 1.62. The van der Waals surface area contributed by atoms with Gasteiger partial charge in [-0.25, -0.2) is 0 Å². The molecule has 3 aromatic rings. The van der Waals surface area contributed by atoms with Crippen molar-refractivity contribution in [3.8, 4) is 11.4 Å². The first-order valence-electron chi connectivity index (χ1n) is 7.97. The summed E-state index contributed by atoms with van der Waals surface area (Å²) in [5, 5.41) is 14.3. The highest BCUT2D eigenvalue weighted by molar-refractivity contribution is 7.99. The zero-order valence-corrected chi connectivity index (χ0v) is 16.0. The van der Waals surface area contributed by atoms with Crippen LogP contribution in [0.15, 0.2) is 46.9 Å². The van der Waals surface area contributed by atoms with Gasteiger partial charge < -0.3 is 9.88 Å². The van der Waals surface area contributed by atoms with E-state index in [2.05, 4.69) is 28.5 Å². The van der Waals surface area contributed by atoms with Gasteiger partial charge in [0.05, 0.1) is 11.8 Å². The van der Waals surface area contributed by atoms with Gasteiger partial charge in [-0.15, -0.1) is 21.5 Å². The lowest BCUT2D eigenvalue weighted by Crippen LogP contribution is -2.27. The molecule has 0 radical (unpaired) electrons. The fourth-order valence-electron chi connectivity index (χ4n) is 2.52. The minimum atomic E-state index is -0.00802. The normalized spacial score (nSPS) is 12.1. The van der Waals surface area contributed by atoms with Crippen molar-refractivity contribution in [2.75, 3.05) is 5.75 Å². The van der Waals surface area contributed by atoms with E-state index in [4.69, 9.17) is 0 Å². The van der Waals surface area contributed by atoms with Crippen molar-refractivity contribution in [1.82, 2.24) is 20.1 Å². The highest BCUT2D eigenvalue weighted by atomic mass is 32.2. The van der Waals surface area contributed by atoms with Crippen LogP contribution in [0.5, 0.6) is 0 Å². The van der Waals surface area contributed by atoms with Gasteiger partial charge >= 0.3 is 0 Å². The summed E-state index contributed by atoms with van der Waals surface area (Å²) in [6.07, 6.45) is 0. The van der Waals surface area contributed by atoms with Crippen LogP contribution in [0.2, 0.25) is 0 Å². The van der Waals surface area contributed by atoms with E-state index in [1.54, 1.807) is 11.3 Å². The van der Waals surface area contributed by atoms with Gasteiger partial charge in [-0.2, -0.15) is 0 Å². The van der Waals surface area contributed by atoms with Crippen LogP contribution < -0.4 is 5.32 Å². The van der Waals surface area contributed by atoms with Gasteiger partial charge in [-0.1, -0.05) is 42.1 Å². The Morgan fingerprint density at radius 3 is 2.80 bits per heavy atom. The van der Waals surface area contributed by atoms with Gasteiger partial charge in [0.1, 0.15) is 0 Å². The van der Waals surface area contributed by atoms with Crippen molar-refractivity contribution < 1.29 is 4.79 Å². The number of thioether (sulfide) groups is 1. The first-order valence-corrected chi connectivity index (χ1v) is 9.83. The molecule has 1 amide bonds. The molecule has 0 aliphatic heterocycles. The van der Waals surface area contributed by atoms with Gasteiger partial charge in [0.25, 0.3) is 0 Å². The van der Waals surface area contributed by atoms with E-state index in [0.717, 1.165) is 27.0 Å². The van der Waals surface area contributed by atoms with Gasteiger partial charge in [-0.05, 0) is 30.9 Å². The zero-order valence-electron chi connectivity index (χ0n) is 14.4. The third-order valence-corrected chi connectivity index (χ3v) is 5.98. The number of hydrogen-bond acceptors (Lipinski definition) is 5. The highest BCUT2D eigenvalue weighted by Crippen LogP contribution is 2.25. The minimum absolute atomic E-state index is 0.00802. The molecular weight excluding hydrogens is 352 g/mol. The van der Waals surface area contributed by atoms with Crippen LogP contribution in [0.3, 0.4) is 0 Å². The lowest BCUT2D eigenvalue weighted by atomic mass is 10.1. The number of aromatic nitrogens is 3. The smallest absolute Gasteiger partial charge is 0.230 e. The van der Waals surface area contributed by atoms with Gasteiger partial charge in [0.2, 0.25) is 5.91 Å². The average molecular weight is 373 g/mol. The summed E-state index contributed by atoms with van der Waals surface area (Å²) in [5.41, 5.74) is 2.21. The van der Waals surface area contributed by atoms with Gasteiger partial charge in [-0.3, -0.25) is 4.79 Å². The summed E-state index contributed by atoms with van der Waals surface area (Å²) in [7, 11) is 1.93. The van der Waals surface area contributed by atoms with Crippen LogP contribution in [0, 0.1) is 6.92 Å². The molecule has 3 rings (SSSR count). The molecule has 1 aromatic carbocycles. The predicted octanol–water partition coefficient (Wildman–Crippen LogP) is 3.82. The molecule has 0 spiro atoms. The molecule has 2 aromatic heterocycles. The van der Waals surface area contributed by atoms with Crippen molar-refractivity contribution in [1.29, 1.82) is 0 Å². The molecule has 0 saturated carbocycles. The van der Waals surface area contributed by atoms with Crippen LogP contribution in [0.25, 0.3) is 11.4 Å². The summed E-state index contributed by atoms with van der Waals surface area (Å²) < 4.78 is 1.93. The van der Waals surface area contributed by atoms with Crippen LogP contribution >= 0.6 is 23.1 Å². The van der Waals surface area contributed by atoms with E-state index < -0.39 is 0 Å². The zero-order chi connectivity index (χ0) is 17.8. The Hall–Kier alpha value is -2.12. The third-order valence-electron chi connectivity index (χ3n) is 3.90. The Morgan fingerprint density at radius 1 is 1.28 bits per heavy atom. The lowest BCUT2D eigenvalue weighted by molar-refractivity contribution is -0.119. The maximum atomic E-state index is 12.2. The molecule has 2 heterocycles. The van der Waals surface area contributed by atoms with Gasteiger partial charge in [0.15, 0.2) is 11.0 Å². The second kappa shape index (κ2) is 7.84. The standard InChI is InChI=1S/C18H20N4OS2/c1-12-7-4-5-8-14(12)17-20-21-18(22(17)3)25-11-16(23)19-13(2)15-9-6-10-24-15/h4-10,13H,11H2,1-3H3,(H,19,23)/t13-/m0/s1. The molecule has 0 saturated heterocycles. The summed E-state index contributed by atoms with van der Waals surface area (Å²) in [5.74, 6) is 1.12. The molecule has 1 atom stereocenters. The van der Waals surface area contributed by atoms with Crippen molar-refractivity contribution in [3.63, 3.8) is 0 Å². The van der Waals surface area contributed by atoms with Crippen LogP contribution in [-0.4, -0.2) is 26.4 Å². The third kappa shape index (κ3) is 4.11. The molecule has 0 aliphatic carbocycles. The van der Waals surface area contributed by atoms with E-state index in [1.165, 1.54) is 11.8 Å². The highest BCUT2D eigenvalue weighted by Gasteiger charge is 2.15. The molecule has 0 fully saturated rings. The minimum Gasteiger partial charge on any atom is -0.348 e. The summed E-state index contributed by atoms with van der Waals surface area (Å²) in [6, 6.07) is 12.1. The Morgan fingerprint density at radius 2 is 2.08 bits per heavy atom. The number of carbonyl (C=O) groups excluding carboxylic acids is 1. The fourth-order valence-corrected chi connectivity index (χ4v) is 3.98. The number of benzene rings is 1. The Bertz CT molecular complexity index is 858. The Kier molecular flexibility index (Phi) is 5.55. The number of hydrogen-bond donors (Lipinski definition) is 1. The molecule has 7 heteroatoms. The van der Waals surface area contributed by atoms with Gasteiger partial charge in [0, 0.05) is 17.5 Å².